The van der Waals surface area contributed by atoms with Crippen molar-refractivity contribution in [2.24, 2.45) is 0 Å². The van der Waals surface area contributed by atoms with Gasteiger partial charge in [-0.1, -0.05) is 23.2 Å². The molecule has 0 atom stereocenters. The average molecular weight is 206 g/mol. The quantitative estimate of drug-likeness (QED) is 0.686. The van der Waals surface area contributed by atoms with E-state index in [1.54, 1.807) is 6.92 Å². The van der Waals surface area contributed by atoms with Crippen molar-refractivity contribution in [1.29, 1.82) is 0 Å². The summed E-state index contributed by atoms with van der Waals surface area (Å²) in [5.74, 6) is -0.363. The predicted molar refractivity (Wildman–Crippen MR) is 48.6 cm³/mol. The third-order valence-electron chi connectivity index (χ3n) is 1.32. The molecule has 0 saturated heterocycles. The van der Waals surface area contributed by atoms with Crippen molar-refractivity contribution in [2.45, 2.75) is 6.92 Å². The monoisotopic (exact) mass is 205 g/mol. The van der Waals surface area contributed by atoms with E-state index in [2.05, 4.69) is 4.98 Å². The Bertz CT molecular complexity index is 319. The van der Waals surface area contributed by atoms with Crippen molar-refractivity contribution >= 4 is 29.3 Å². The van der Waals surface area contributed by atoms with Gasteiger partial charge in [0.1, 0.15) is 10.3 Å². The van der Waals surface area contributed by atoms with E-state index in [0.29, 0.717) is 11.3 Å². The van der Waals surface area contributed by atoms with Crippen LogP contribution in [0.2, 0.25) is 0 Å². The minimum absolute atomic E-state index is 0.0834. The van der Waals surface area contributed by atoms with Crippen LogP contribution in [0, 0.1) is 12.7 Å². The first kappa shape index (κ1) is 9.49. The van der Waals surface area contributed by atoms with E-state index >= 15 is 0 Å². The summed E-state index contributed by atoms with van der Waals surface area (Å²) in [6.07, 6.45) is 2.93. The molecule has 0 saturated carbocycles. The maximum absolute atomic E-state index is 12.9. The van der Waals surface area contributed by atoms with E-state index < -0.39 is 0 Å². The lowest BCUT2D eigenvalue weighted by Crippen LogP contribution is -1.87. The molecule has 0 aliphatic carbocycles. The van der Waals surface area contributed by atoms with Gasteiger partial charge in [-0.2, -0.15) is 0 Å². The zero-order chi connectivity index (χ0) is 9.14. The number of hydrogen-bond donors (Lipinski definition) is 0. The fourth-order valence-corrected chi connectivity index (χ4v) is 0.978. The van der Waals surface area contributed by atoms with Crippen LogP contribution < -0.4 is 0 Å². The number of pyridine rings is 1. The third-order valence-corrected chi connectivity index (χ3v) is 1.54. The zero-order valence-corrected chi connectivity index (χ0v) is 7.83. The maximum Gasteiger partial charge on any atom is 0.144 e. The molecule has 0 fully saturated rings. The van der Waals surface area contributed by atoms with Gasteiger partial charge in [0.25, 0.3) is 0 Å². The van der Waals surface area contributed by atoms with Gasteiger partial charge < -0.3 is 0 Å². The van der Waals surface area contributed by atoms with Gasteiger partial charge in [-0.25, -0.2) is 4.39 Å². The Balaban J connectivity index is 3.05. The number of rotatable bonds is 1. The summed E-state index contributed by atoms with van der Waals surface area (Å²) >= 11 is 10.8. The first-order valence-corrected chi connectivity index (χ1v) is 4.00. The molecule has 0 radical (unpaired) electrons. The van der Waals surface area contributed by atoms with Crippen molar-refractivity contribution in [1.82, 2.24) is 4.98 Å². The predicted octanol–water partition coefficient (Wildman–Crippen LogP) is 3.31. The summed E-state index contributed by atoms with van der Waals surface area (Å²) in [7, 11) is 0. The summed E-state index contributed by atoms with van der Waals surface area (Å²) < 4.78 is 12.9. The Morgan fingerprint density at radius 1 is 1.58 bits per heavy atom. The molecule has 4 heteroatoms. The van der Waals surface area contributed by atoms with Crippen molar-refractivity contribution in [3.8, 4) is 0 Å². The van der Waals surface area contributed by atoms with Crippen LogP contribution in [0.4, 0.5) is 4.39 Å². The van der Waals surface area contributed by atoms with Gasteiger partial charge in [-0.15, -0.1) is 0 Å². The highest BCUT2D eigenvalue weighted by Crippen LogP contribution is 2.14. The number of aryl methyl sites for hydroxylation is 1. The number of hydrogen-bond acceptors (Lipinski definition) is 1. The smallest absolute Gasteiger partial charge is 0.144 e. The van der Waals surface area contributed by atoms with E-state index in [0.717, 1.165) is 0 Å². The second-order valence-corrected chi connectivity index (χ2v) is 3.28. The molecule has 0 aromatic carbocycles. The Labute approximate surface area is 79.8 Å². The van der Waals surface area contributed by atoms with Crippen LogP contribution >= 0.6 is 23.2 Å². The number of aromatic nitrogens is 1. The molecule has 0 aliphatic rings. The molecule has 0 spiro atoms. The van der Waals surface area contributed by atoms with Crippen LogP contribution in [-0.2, 0) is 0 Å². The Kier molecular flexibility index (Phi) is 3.06. The average Bonchev–Trinajstić information content (AvgIpc) is 1.96. The number of nitrogens with zero attached hydrogens (tertiary/aromatic N) is 1. The second kappa shape index (κ2) is 3.87. The summed E-state index contributed by atoms with van der Waals surface area (Å²) in [6, 6.07) is 1.33. The molecule has 0 bridgehead atoms. The van der Waals surface area contributed by atoms with Crippen LogP contribution in [0.1, 0.15) is 11.3 Å². The molecule has 12 heavy (non-hydrogen) atoms. The maximum atomic E-state index is 12.9. The van der Waals surface area contributed by atoms with Gasteiger partial charge >= 0.3 is 0 Å². The van der Waals surface area contributed by atoms with Crippen LogP contribution in [-0.4, -0.2) is 4.98 Å². The first-order chi connectivity index (χ1) is 5.59. The molecule has 0 aliphatic heterocycles. The lowest BCUT2D eigenvalue weighted by Gasteiger charge is -1.96. The highest BCUT2D eigenvalue weighted by atomic mass is 35.5. The fourth-order valence-electron chi connectivity index (χ4n) is 0.726. The largest absolute Gasteiger partial charge is 0.258 e. The lowest BCUT2D eigenvalue weighted by molar-refractivity contribution is 0.609. The summed E-state index contributed by atoms with van der Waals surface area (Å²) in [4.78, 5) is 3.79. The molecule has 1 heterocycles. The van der Waals surface area contributed by atoms with Crippen LogP contribution in [0.25, 0.3) is 6.08 Å². The topological polar surface area (TPSA) is 12.9 Å². The van der Waals surface area contributed by atoms with E-state index in [1.165, 1.54) is 18.3 Å². The molecular formula is C8H6Cl2FN. The van der Waals surface area contributed by atoms with Gasteiger partial charge in [0.15, 0.2) is 0 Å². The summed E-state index contributed by atoms with van der Waals surface area (Å²) in [5.41, 5.74) is 0.913. The molecule has 1 aromatic heterocycles. The molecule has 0 unspecified atom stereocenters. The fraction of sp³-hybridized carbons (Fsp3) is 0.125. The van der Waals surface area contributed by atoms with E-state index in [9.17, 15) is 4.39 Å². The highest BCUT2D eigenvalue weighted by Gasteiger charge is 1.98. The van der Waals surface area contributed by atoms with E-state index in [-0.39, 0.29) is 10.3 Å². The van der Waals surface area contributed by atoms with Gasteiger partial charge in [-0.3, -0.25) is 4.98 Å². The molecule has 0 N–H and O–H groups in total. The molecule has 1 nitrogen and oxygen atoms in total. The standard InChI is InChI=1S/C8H6Cl2FN/c1-5-7(11)2-6(4-12-5)3-8(9)10/h2-4H,1H3. The minimum Gasteiger partial charge on any atom is -0.258 e. The second-order valence-electron chi connectivity index (χ2n) is 2.27. The van der Waals surface area contributed by atoms with Crippen molar-refractivity contribution in [2.75, 3.05) is 0 Å². The normalized spacial score (nSPS) is 9.67. The zero-order valence-electron chi connectivity index (χ0n) is 6.31. The van der Waals surface area contributed by atoms with Gasteiger partial charge in [0.05, 0.1) is 5.69 Å². The molecule has 0 amide bonds. The Morgan fingerprint density at radius 3 is 2.75 bits per heavy atom. The SMILES string of the molecule is Cc1ncc(C=C(Cl)Cl)cc1F. The third kappa shape index (κ3) is 2.47. The van der Waals surface area contributed by atoms with Gasteiger partial charge in [0.2, 0.25) is 0 Å². The Morgan fingerprint density at radius 2 is 2.25 bits per heavy atom. The molecule has 1 rings (SSSR count). The van der Waals surface area contributed by atoms with Crippen molar-refractivity contribution in [3.63, 3.8) is 0 Å². The molecule has 64 valence electrons. The Hall–Kier alpha value is -0.600. The number of halogens is 3. The highest BCUT2D eigenvalue weighted by molar-refractivity contribution is 6.57. The summed E-state index contributed by atoms with van der Waals surface area (Å²) in [6.45, 7) is 1.59. The molecular weight excluding hydrogens is 200 g/mol. The van der Waals surface area contributed by atoms with Gasteiger partial charge in [-0.05, 0) is 24.6 Å². The van der Waals surface area contributed by atoms with Crippen molar-refractivity contribution < 1.29 is 4.39 Å². The summed E-state index contributed by atoms with van der Waals surface area (Å²) in [5, 5.41) is 0. The molecule has 1 aromatic rings. The first-order valence-electron chi connectivity index (χ1n) is 3.24. The minimum atomic E-state index is -0.363. The van der Waals surface area contributed by atoms with Crippen LogP contribution in [0.3, 0.4) is 0 Å². The lowest BCUT2D eigenvalue weighted by atomic mass is 10.2. The van der Waals surface area contributed by atoms with Crippen molar-refractivity contribution in [3.05, 3.63) is 33.8 Å². The van der Waals surface area contributed by atoms with Gasteiger partial charge in [0, 0.05) is 6.20 Å². The van der Waals surface area contributed by atoms with E-state index in [4.69, 9.17) is 23.2 Å². The van der Waals surface area contributed by atoms with Crippen LogP contribution in [0.15, 0.2) is 16.8 Å². The van der Waals surface area contributed by atoms with Crippen LogP contribution in [0.5, 0.6) is 0 Å². The van der Waals surface area contributed by atoms with E-state index in [1.807, 2.05) is 0 Å².